The van der Waals surface area contributed by atoms with E-state index in [-0.39, 0.29) is 22.8 Å². The topological polar surface area (TPSA) is 96.1 Å². The largest absolute Gasteiger partial charge is 0.435 e. The van der Waals surface area contributed by atoms with Crippen LogP contribution in [0.25, 0.3) is 28.3 Å². The second kappa shape index (κ2) is 7.81. The number of para-hydroxylation sites is 3. The molecule has 3 heterocycles. The molecule has 1 N–H and O–H groups in total. The number of imidazole rings is 1. The van der Waals surface area contributed by atoms with E-state index < -0.39 is 11.4 Å². The van der Waals surface area contributed by atoms with E-state index in [2.05, 4.69) is 21.0 Å². The third-order valence-corrected chi connectivity index (χ3v) is 4.83. The zero-order chi connectivity index (χ0) is 22.1. The lowest BCUT2D eigenvalue weighted by Crippen LogP contribution is -2.18. The minimum Gasteiger partial charge on any atom is -0.435 e. The number of hydrogen-bond acceptors (Lipinski definition) is 5. The summed E-state index contributed by atoms with van der Waals surface area (Å²) in [5, 5.41) is 9.79. The Bertz CT molecular complexity index is 1580. The van der Waals surface area contributed by atoms with Crippen LogP contribution in [0.3, 0.4) is 0 Å². The molecule has 0 unspecified atom stereocenters. The minimum absolute atomic E-state index is 0.00559. The number of fused-ring (bicyclic) bond motifs is 2. The van der Waals surface area contributed by atoms with E-state index in [1.807, 2.05) is 24.3 Å². The first-order valence-corrected chi connectivity index (χ1v) is 9.65. The molecule has 0 saturated heterocycles. The second-order valence-corrected chi connectivity index (χ2v) is 6.87. The summed E-state index contributed by atoms with van der Waals surface area (Å²) in [6.07, 6.45) is 2.91. The number of benzene rings is 2. The van der Waals surface area contributed by atoms with Gasteiger partial charge in [-0.15, -0.1) is 0 Å². The van der Waals surface area contributed by atoms with Crippen molar-refractivity contribution in [2.75, 3.05) is 0 Å². The van der Waals surface area contributed by atoms with E-state index >= 15 is 0 Å². The van der Waals surface area contributed by atoms with Crippen LogP contribution in [0.5, 0.6) is 11.6 Å². The molecule has 7 nitrogen and oxygen atoms in total. The number of nitriles is 1. The van der Waals surface area contributed by atoms with Crippen LogP contribution in [0.15, 0.2) is 77.7 Å². The van der Waals surface area contributed by atoms with Gasteiger partial charge >= 0.3 is 0 Å². The number of rotatable bonds is 4. The van der Waals surface area contributed by atoms with Crippen molar-refractivity contribution in [2.45, 2.75) is 0 Å². The van der Waals surface area contributed by atoms with Crippen molar-refractivity contribution in [3.05, 3.63) is 100 Å². The van der Waals surface area contributed by atoms with E-state index in [9.17, 15) is 14.4 Å². The van der Waals surface area contributed by atoms with Gasteiger partial charge in [0.15, 0.2) is 11.6 Å². The van der Waals surface area contributed by atoms with Gasteiger partial charge < -0.3 is 9.72 Å². The molecule has 0 spiro atoms. The van der Waals surface area contributed by atoms with Crippen molar-refractivity contribution >= 4 is 28.3 Å². The Labute approximate surface area is 180 Å². The molecule has 0 radical (unpaired) electrons. The summed E-state index contributed by atoms with van der Waals surface area (Å²) < 4.78 is 21.2. The first-order chi connectivity index (χ1) is 15.6. The van der Waals surface area contributed by atoms with Gasteiger partial charge in [0.1, 0.15) is 23.1 Å². The number of halogens is 1. The molecular formula is C24H14FN5O2. The van der Waals surface area contributed by atoms with Crippen LogP contribution < -0.4 is 10.3 Å². The maximum absolute atomic E-state index is 14.2. The third-order valence-electron chi connectivity index (χ3n) is 4.83. The van der Waals surface area contributed by atoms with Gasteiger partial charge in [-0.1, -0.05) is 30.3 Å². The molecule has 0 atom stereocenters. The van der Waals surface area contributed by atoms with Gasteiger partial charge in [-0.3, -0.25) is 9.20 Å². The number of nitrogens with zero attached hydrogens (tertiary/aromatic N) is 4. The van der Waals surface area contributed by atoms with Crippen LogP contribution in [-0.2, 0) is 0 Å². The molecule has 3 aromatic heterocycles. The van der Waals surface area contributed by atoms with Crippen molar-refractivity contribution in [3.8, 4) is 17.7 Å². The molecule has 0 fully saturated rings. The zero-order valence-corrected chi connectivity index (χ0v) is 16.5. The molecule has 5 aromatic rings. The maximum Gasteiger partial charge on any atom is 0.269 e. The normalized spacial score (nSPS) is 11.6. The Morgan fingerprint density at radius 1 is 1.06 bits per heavy atom. The number of ether oxygens (including phenoxy) is 1. The molecule has 8 heteroatoms. The molecule has 154 valence electrons. The molecule has 0 aliphatic rings. The fourth-order valence-corrected chi connectivity index (χ4v) is 3.29. The van der Waals surface area contributed by atoms with Crippen LogP contribution in [0.1, 0.15) is 11.4 Å². The van der Waals surface area contributed by atoms with Crippen molar-refractivity contribution in [3.63, 3.8) is 0 Å². The lowest BCUT2D eigenvalue weighted by Gasteiger charge is -2.10. The van der Waals surface area contributed by atoms with E-state index in [0.29, 0.717) is 17.0 Å². The summed E-state index contributed by atoms with van der Waals surface area (Å²) >= 11 is 0. The van der Waals surface area contributed by atoms with Crippen molar-refractivity contribution in [1.82, 2.24) is 19.4 Å². The van der Waals surface area contributed by atoms with E-state index in [1.165, 1.54) is 28.7 Å². The van der Waals surface area contributed by atoms with Gasteiger partial charge in [0.2, 0.25) is 5.88 Å². The lowest BCUT2D eigenvalue weighted by atomic mass is 10.2. The summed E-state index contributed by atoms with van der Waals surface area (Å²) in [4.78, 5) is 25.1. The van der Waals surface area contributed by atoms with E-state index in [4.69, 9.17) is 4.74 Å². The predicted molar refractivity (Wildman–Crippen MR) is 118 cm³/mol. The fourth-order valence-electron chi connectivity index (χ4n) is 3.29. The molecular weight excluding hydrogens is 409 g/mol. The Morgan fingerprint density at radius 3 is 2.66 bits per heavy atom. The highest BCUT2D eigenvalue weighted by atomic mass is 19.1. The third kappa shape index (κ3) is 3.38. The van der Waals surface area contributed by atoms with Gasteiger partial charge in [-0.2, -0.15) is 10.2 Å². The van der Waals surface area contributed by atoms with Gasteiger partial charge in [0.25, 0.3) is 5.56 Å². The highest BCUT2D eigenvalue weighted by molar-refractivity contribution is 5.91. The lowest BCUT2D eigenvalue weighted by molar-refractivity contribution is 0.426. The monoisotopic (exact) mass is 423 g/mol. The van der Waals surface area contributed by atoms with Crippen LogP contribution in [-0.4, -0.2) is 19.4 Å². The molecule has 0 amide bonds. The van der Waals surface area contributed by atoms with E-state index in [1.54, 1.807) is 30.5 Å². The van der Waals surface area contributed by atoms with Gasteiger partial charge in [-0.25, -0.2) is 9.37 Å². The molecule has 0 aliphatic heterocycles. The van der Waals surface area contributed by atoms with Crippen LogP contribution >= 0.6 is 0 Å². The summed E-state index contributed by atoms with van der Waals surface area (Å²) in [5.74, 6) is -0.509. The number of H-pyrrole nitrogens is 1. The quantitative estimate of drug-likeness (QED) is 0.427. The smallest absolute Gasteiger partial charge is 0.269 e. The average Bonchev–Trinajstić information content (AvgIpc) is 3.24. The van der Waals surface area contributed by atoms with Gasteiger partial charge in [0.05, 0.1) is 16.6 Å². The molecule has 0 saturated carbocycles. The van der Waals surface area contributed by atoms with Crippen molar-refractivity contribution in [2.24, 2.45) is 0 Å². The van der Waals surface area contributed by atoms with Crippen LogP contribution in [0, 0.1) is 17.1 Å². The number of pyridine rings is 1. The Hall–Kier alpha value is -4.77. The number of aromatic amines is 1. The number of aromatic nitrogens is 4. The van der Waals surface area contributed by atoms with Crippen LogP contribution in [0.2, 0.25) is 0 Å². The van der Waals surface area contributed by atoms with Gasteiger partial charge in [-0.05, 0) is 42.5 Å². The number of nitrogens with one attached hydrogen (secondary N) is 1. The Morgan fingerprint density at radius 2 is 1.84 bits per heavy atom. The molecule has 5 rings (SSSR count). The molecule has 32 heavy (non-hydrogen) atoms. The number of allylic oxidation sites excluding steroid dienone is 1. The van der Waals surface area contributed by atoms with Crippen molar-refractivity contribution < 1.29 is 9.13 Å². The van der Waals surface area contributed by atoms with E-state index in [0.717, 1.165) is 5.52 Å². The number of hydrogen-bond donors (Lipinski definition) is 1. The van der Waals surface area contributed by atoms with Gasteiger partial charge in [0, 0.05) is 6.20 Å². The molecule has 2 aromatic carbocycles. The zero-order valence-electron chi connectivity index (χ0n) is 16.5. The minimum atomic E-state index is -0.602. The maximum atomic E-state index is 14.2. The average molecular weight is 423 g/mol. The Kier molecular flexibility index (Phi) is 4.69. The standard InChI is InChI=1S/C24H14FN5O2/c25-17-7-1-4-10-20(17)32-23-16(24(31)30-12-6-5-11-21(30)29-23)13-15(14-26)22-27-18-8-2-3-9-19(18)28-22/h1-13H,(H,27,28)/b15-13+. The first-order valence-electron chi connectivity index (χ1n) is 9.65. The highest BCUT2D eigenvalue weighted by Gasteiger charge is 2.17. The summed E-state index contributed by atoms with van der Waals surface area (Å²) in [6, 6.07) is 20.2. The Balaban J connectivity index is 1.72. The summed E-state index contributed by atoms with van der Waals surface area (Å²) in [5.41, 5.74) is 1.39. The molecule has 0 bridgehead atoms. The summed E-state index contributed by atoms with van der Waals surface area (Å²) in [6.45, 7) is 0. The second-order valence-electron chi connectivity index (χ2n) is 6.87. The predicted octanol–water partition coefficient (Wildman–Crippen LogP) is 4.57. The van der Waals surface area contributed by atoms with Crippen LogP contribution in [0.4, 0.5) is 4.39 Å². The highest BCUT2D eigenvalue weighted by Crippen LogP contribution is 2.27. The molecule has 0 aliphatic carbocycles. The SMILES string of the molecule is N#C/C(=C\c1c(Oc2ccccc2F)nc2ccccn2c1=O)c1nc2ccccc2[nH]1. The summed E-state index contributed by atoms with van der Waals surface area (Å²) in [7, 11) is 0. The first kappa shape index (κ1) is 19.2. The fraction of sp³-hybridized carbons (Fsp3) is 0. The van der Waals surface area contributed by atoms with Crippen molar-refractivity contribution in [1.29, 1.82) is 5.26 Å².